The monoisotopic (exact) mass is 279 g/mol. The van der Waals surface area contributed by atoms with Crippen LogP contribution in [0.3, 0.4) is 0 Å². The average Bonchev–Trinajstić information content (AvgIpc) is 2.42. The number of benzene rings is 1. The molecule has 1 aliphatic rings. The topological polar surface area (TPSA) is 23.5 Å². The highest BCUT2D eigenvalue weighted by Crippen LogP contribution is 2.34. The summed E-state index contributed by atoms with van der Waals surface area (Å²) >= 11 is 0. The van der Waals surface area contributed by atoms with Gasteiger partial charge in [-0.25, -0.2) is 4.39 Å². The summed E-state index contributed by atoms with van der Waals surface area (Å²) in [6.45, 7) is 6.73. The van der Waals surface area contributed by atoms with Crippen LogP contribution in [0, 0.1) is 12.7 Å². The molecule has 0 saturated carbocycles. The van der Waals surface area contributed by atoms with E-state index in [0.29, 0.717) is 11.6 Å². The van der Waals surface area contributed by atoms with Crippen molar-refractivity contribution in [2.45, 2.75) is 65.0 Å². The van der Waals surface area contributed by atoms with Crippen LogP contribution in [0.15, 0.2) is 12.1 Å². The van der Waals surface area contributed by atoms with Gasteiger partial charge in [-0.3, -0.25) is 0 Å². The molecule has 1 saturated heterocycles. The van der Waals surface area contributed by atoms with Crippen molar-refractivity contribution in [2.75, 3.05) is 11.4 Å². The molecule has 2 rings (SSSR count). The van der Waals surface area contributed by atoms with Crippen LogP contribution in [0.5, 0.6) is 0 Å². The Morgan fingerprint density at radius 2 is 2.15 bits per heavy atom. The van der Waals surface area contributed by atoms with Gasteiger partial charge in [0.1, 0.15) is 5.82 Å². The molecule has 2 nitrogen and oxygen atoms in total. The maximum absolute atomic E-state index is 13.8. The molecule has 112 valence electrons. The largest absolute Gasteiger partial charge is 0.389 e. The summed E-state index contributed by atoms with van der Waals surface area (Å²) in [5, 5.41) is 9.97. The van der Waals surface area contributed by atoms with Gasteiger partial charge in [0.2, 0.25) is 0 Å². The predicted molar refractivity (Wildman–Crippen MR) is 81.7 cm³/mol. The van der Waals surface area contributed by atoms with Gasteiger partial charge in [0, 0.05) is 23.8 Å². The molecule has 0 radical (unpaired) electrons. The summed E-state index contributed by atoms with van der Waals surface area (Å²) in [5.74, 6) is -0.228. The smallest absolute Gasteiger partial charge is 0.126 e. The molecule has 1 N–H and O–H groups in total. The molecule has 0 aliphatic carbocycles. The quantitative estimate of drug-likeness (QED) is 0.886. The van der Waals surface area contributed by atoms with Crippen molar-refractivity contribution in [1.29, 1.82) is 0 Å². The van der Waals surface area contributed by atoms with Crippen molar-refractivity contribution in [3.05, 3.63) is 29.1 Å². The van der Waals surface area contributed by atoms with Crippen LogP contribution in [0.2, 0.25) is 0 Å². The Kier molecular flexibility index (Phi) is 5.03. The first-order valence-electron chi connectivity index (χ1n) is 7.79. The minimum Gasteiger partial charge on any atom is -0.389 e. The molecule has 1 fully saturated rings. The van der Waals surface area contributed by atoms with E-state index in [4.69, 9.17) is 0 Å². The minimum absolute atomic E-state index is 0.228. The number of hydrogen-bond donors (Lipinski definition) is 1. The molecular formula is C17H26FNO. The normalized spacial score (nSPS) is 21.1. The molecule has 1 aliphatic heterocycles. The third-order valence-corrected chi connectivity index (χ3v) is 4.32. The Morgan fingerprint density at radius 1 is 1.40 bits per heavy atom. The molecule has 20 heavy (non-hydrogen) atoms. The number of halogens is 1. The third-order valence-electron chi connectivity index (χ3n) is 4.32. The number of piperidine rings is 1. The maximum atomic E-state index is 13.8. The van der Waals surface area contributed by atoms with E-state index in [-0.39, 0.29) is 5.82 Å². The second-order valence-corrected chi connectivity index (χ2v) is 5.97. The number of aryl methyl sites for hydroxylation is 1. The van der Waals surface area contributed by atoms with E-state index in [1.54, 1.807) is 13.8 Å². The zero-order chi connectivity index (χ0) is 14.7. The minimum atomic E-state index is -0.635. The van der Waals surface area contributed by atoms with Gasteiger partial charge in [0.25, 0.3) is 0 Å². The number of rotatable bonds is 4. The van der Waals surface area contributed by atoms with Gasteiger partial charge >= 0.3 is 0 Å². The summed E-state index contributed by atoms with van der Waals surface area (Å²) < 4.78 is 13.8. The molecule has 3 heteroatoms. The van der Waals surface area contributed by atoms with E-state index < -0.39 is 6.10 Å². The number of nitrogens with zero attached hydrogens (tertiary/aromatic N) is 1. The highest BCUT2D eigenvalue weighted by molar-refractivity contribution is 5.57. The highest BCUT2D eigenvalue weighted by atomic mass is 19.1. The molecule has 1 aromatic carbocycles. The Hall–Kier alpha value is -1.09. The van der Waals surface area contributed by atoms with Gasteiger partial charge in [-0.2, -0.15) is 0 Å². The average molecular weight is 279 g/mol. The Bertz CT molecular complexity index is 457. The highest BCUT2D eigenvalue weighted by Gasteiger charge is 2.25. The second-order valence-electron chi connectivity index (χ2n) is 5.97. The Balaban J connectivity index is 2.40. The summed E-state index contributed by atoms with van der Waals surface area (Å²) in [6, 6.07) is 3.94. The molecule has 0 spiro atoms. The van der Waals surface area contributed by atoms with Gasteiger partial charge in [0.15, 0.2) is 0 Å². The van der Waals surface area contributed by atoms with Crippen molar-refractivity contribution in [3.63, 3.8) is 0 Å². The molecule has 0 amide bonds. The third kappa shape index (κ3) is 3.14. The first-order valence-corrected chi connectivity index (χ1v) is 7.79. The van der Waals surface area contributed by atoms with Gasteiger partial charge in [-0.15, -0.1) is 0 Å². The molecule has 1 aromatic rings. The SMILES string of the molecule is CCCC1CCCCN1c1cc(C)c(F)cc1C(C)O. The Labute approximate surface area is 121 Å². The zero-order valence-corrected chi connectivity index (χ0v) is 12.8. The van der Waals surface area contributed by atoms with E-state index >= 15 is 0 Å². The van der Waals surface area contributed by atoms with Gasteiger partial charge in [-0.05, 0) is 57.2 Å². The fraction of sp³-hybridized carbons (Fsp3) is 0.647. The lowest BCUT2D eigenvalue weighted by atomic mass is 9.95. The zero-order valence-electron chi connectivity index (χ0n) is 12.8. The van der Waals surface area contributed by atoms with E-state index in [1.165, 1.54) is 25.3 Å². The van der Waals surface area contributed by atoms with Crippen LogP contribution in [-0.4, -0.2) is 17.7 Å². The van der Waals surface area contributed by atoms with Crippen LogP contribution in [0.4, 0.5) is 10.1 Å². The lowest BCUT2D eigenvalue weighted by Gasteiger charge is -2.39. The lowest BCUT2D eigenvalue weighted by Crippen LogP contribution is -2.40. The first-order chi connectivity index (χ1) is 9.54. The fourth-order valence-electron chi connectivity index (χ4n) is 3.22. The van der Waals surface area contributed by atoms with Crippen LogP contribution in [-0.2, 0) is 0 Å². The maximum Gasteiger partial charge on any atom is 0.126 e. The van der Waals surface area contributed by atoms with Crippen LogP contribution >= 0.6 is 0 Å². The molecule has 2 atom stereocenters. The van der Waals surface area contributed by atoms with Crippen LogP contribution in [0.1, 0.15) is 63.2 Å². The van der Waals surface area contributed by atoms with Crippen LogP contribution in [0.25, 0.3) is 0 Å². The van der Waals surface area contributed by atoms with E-state index in [0.717, 1.165) is 30.6 Å². The molecule has 1 heterocycles. The van der Waals surface area contributed by atoms with E-state index in [9.17, 15) is 9.50 Å². The molecule has 0 aromatic heterocycles. The van der Waals surface area contributed by atoms with Crippen molar-refractivity contribution >= 4 is 5.69 Å². The number of aliphatic hydroxyl groups excluding tert-OH is 1. The fourth-order valence-corrected chi connectivity index (χ4v) is 3.22. The van der Waals surface area contributed by atoms with Crippen molar-refractivity contribution < 1.29 is 9.50 Å². The van der Waals surface area contributed by atoms with Crippen molar-refractivity contribution in [2.24, 2.45) is 0 Å². The standard InChI is InChI=1S/C17H26FNO/c1-4-7-14-8-5-6-9-19(14)17-10-12(2)16(18)11-15(17)13(3)20/h10-11,13-14,20H,4-9H2,1-3H3. The summed E-state index contributed by atoms with van der Waals surface area (Å²) in [7, 11) is 0. The molecule has 2 unspecified atom stereocenters. The number of aliphatic hydroxyl groups is 1. The summed E-state index contributed by atoms with van der Waals surface area (Å²) in [4.78, 5) is 2.39. The van der Waals surface area contributed by atoms with E-state index in [2.05, 4.69) is 11.8 Å². The van der Waals surface area contributed by atoms with Crippen molar-refractivity contribution in [1.82, 2.24) is 0 Å². The summed E-state index contributed by atoms with van der Waals surface area (Å²) in [5.41, 5.74) is 2.40. The predicted octanol–water partition coefficient (Wildman–Crippen LogP) is 4.35. The second kappa shape index (κ2) is 6.57. The van der Waals surface area contributed by atoms with Gasteiger partial charge in [0.05, 0.1) is 6.10 Å². The van der Waals surface area contributed by atoms with E-state index in [1.807, 2.05) is 6.07 Å². The summed E-state index contributed by atoms with van der Waals surface area (Å²) in [6.07, 6.45) is 5.33. The molecular weight excluding hydrogens is 253 g/mol. The number of hydrogen-bond acceptors (Lipinski definition) is 2. The van der Waals surface area contributed by atoms with Crippen molar-refractivity contribution in [3.8, 4) is 0 Å². The lowest BCUT2D eigenvalue weighted by molar-refractivity contribution is 0.198. The molecule has 0 bridgehead atoms. The Morgan fingerprint density at radius 3 is 2.80 bits per heavy atom. The first kappa shape index (κ1) is 15.3. The number of anilines is 1. The van der Waals surface area contributed by atoms with Gasteiger partial charge in [-0.1, -0.05) is 13.3 Å². The van der Waals surface area contributed by atoms with Crippen LogP contribution < -0.4 is 4.90 Å². The van der Waals surface area contributed by atoms with Gasteiger partial charge < -0.3 is 10.0 Å².